The highest BCUT2D eigenvalue weighted by Gasteiger charge is 2.05. The van der Waals surface area contributed by atoms with Crippen molar-refractivity contribution in [3.05, 3.63) is 52.2 Å². The third-order valence-electron chi connectivity index (χ3n) is 2.76. The van der Waals surface area contributed by atoms with Gasteiger partial charge in [0.2, 0.25) is 0 Å². The molecule has 0 unspecified atom stereocenters. The lowest BCUT2D eigenvalue weighted by atomic mass is 10.2. The Balaban J connectivity index is 1.80. The third kappa shape index (κ3) is 5.09. The number of hydrogen-bond acceptors (Lipinski definition) is 4. The molecule has 2 rings (SSSR count). The van der Waals surface area contributed by atoms with Crippen LogP contribution in [0.5, 0.6) is 5.75 Å². The zero-order chi connectivity index (χ0) is 14.9. The lowest BCUT2D eigenvalue weighted by molar-refractivity contribution is 0.200. The first-order valence-electron chi connectivity index (χ1n) is 6.65. The molecular formula is C15H18N2O3S. The summed E-state index contributed by atoms with van der Waals surface area (Å²) in [6.45, 7) is 1.09. The number of amides is 2. The van der Waals surface area contributed by atoms with Crippen molar-refractivity contribution in [1.29, 1.82) is 0 Å². The summed E-state index contributed by atoms with van der Waals surface area (Å²) in [5.74, 6) is 0.671. The number of carbonyl (C=O) groups excluding carboxylic acids is 1. The smallest absolute Gasteiger partial charge is 0.315 e. The average Bonchev–Trinajstić information content (AvgIpc) is 3.03. The van der Waals surface area contributed by atoms with Crippen molar-refractivity contribution in [2.24, 2.45) is 0 Å². The Bertz CT molecular complexity index is 558. The molecule has 6 heteroatoms. The minimum absolute atomic E-state index is 0.0386. The van der Waals surface area contributed by atoms with Gasteiger partial charge in [0, 0.05) is 17.0 Å². The Morgan fingerprint density at radius 3 is 2.71 bits per heavy atom. The van der Waals surface area contributed by atoms with E-state index in [2.05, 4.69) is 10.6 Å². The number of aliphatic hydroxyl groups is 1. The molecule has 0 saturated carbocycles. The number of hydrogen-bond donors (Lipinski definition) is 3. The van der Waals surface area contributed by atoms with Crippen molar-refractivity contribution in [2.45, 2.75) is 13.1 Å². The van der Waals surface area contributed by atoms with Gasteiger partial charge in [-0.2, -0.15) is 0 Å². The number of carbonyl (C=O) groups is 1. The van der Waals surface area contributed by atoms with Crippen molar-refractivity contribution in [3.63, 3.8) is 0 Å². The molecule has 0 aliphatic rings. The normalized spacial score (nSPS) is 10.1. The minimum atomic E-state index is -0.222. The fourth-order valence-corrected chi connectivity index (χ4v) is 2.41. The van der Waals surface area contributed by atoms with Gasteiger partial charge in [-0.1, -0.05) is 24.3 Å². The summed E-state index contributed by atoms with van der Waals surface area (Å²) in [4.78, 5) is 12.8. The van der Waals surface area contributed by atoms with Gasteiger partial charge in [0.25, 0.3) is 0 Å². The molecule has 0 radical (unpaired) electrons. The highest BCUT2D eigenvalue weighted by atomic mass is 32.1. The molecule has 112 valence electrons. The van der Waals surface area contributed by atoms with E-state index in [-0.39, 0.29) is 19.2 Å². The Morgan fingerprint density at radius 1 is 1.14 bits per heavy atom. The molecule has 21 heavy (non-hydrogen) atoms. The molecular weight excluding hydrogens is 288 g/mol. The minimum Gasteiger partial charge on any atom is -0.491 e. The van der Waals surface area contributed by atoms with E-state index in [1.807, 2.05) is 41.8 Å². The SMILES string of the molecule is O=C(NCc1cccs1)NCc1ccccc1OCCO. The number of ether oxygens (including phenoxy) is 1. The van der Waals surface area contributed by atoms with Crippen molar-refractivity contribution >= 4 is 17.4 Å². The number of benzene rings is 1. The van der Waals surface area contributed by atoms with E-state index in [1.54, 1.807) is 11.3 Å². The van der Waals surface area contributed by atoms with Crippen LogP contribution in [0.25, 0.3) is 0 Å². The van der Waals surface area contributed by atoms with Crippen LogP contribution in [-0.4, -0.2) is 24.4 Å². The van der Waals surface area contributed by atoms with Crippen LogP contribution in [0.15, 0.2) is 41.8 Å². The van der Waals surface area contributed by atoms with Crippen LogP contribution in [0.1, 0.15) is 10.4 Å². The second kappa shape index (κ2) is 8.28. The molecule has 1 heterocycles. The maximum Gasteiger partial charge on any atom is 0.315 e. The number of rotatable bonds is 7. The van der Waals surface area contributed by atoms with Gasteiger partial charge in [-0.05, 0) is 17.5 Å². The molecule has 1 aromatic carbocycles. The zero-order valence-corrected chi connectivity index (χ0v) is 12.4. The molecule has 0 aliphatic heterocycles. The number of nitrogens with one attached hydrogen (secondary N) is 2. The Morgan fingerprint density at radius 2 is 1.95 bits per heavy atom. The molecule has 0 spiro atoms. The number of thiophene rings is 1. The van der Waals surface area contributed by atoms with E-state index in [9.17, 15) is 4.79 Å². The second-order valence-electron chi connectivity index (χ2n) is 4.30. The van der Waals surface area contributed by atoms with E-state index >= 15 is 0 Å². The van der Waals surface area contributed by atoms with Crippen LogP contribution in [0.3, 0.4) is 0 Å². The van der Waals surface area contributed by atoms with Gasteiger partial charge < -0.3 is 20.5 Å². The fraction of sp³-hybridized carbons (Fsp3) is 0.267. The monoisotopic (exact) mass is 306 g/mol. The molecule has 0 bridgehead atoms. The zero-order valence-electron chi connectivity index (χ0n) is 11.5. The average molecular weight is 306 g/mol. The van der Waals surface area contributed by atoms with E-state index in [4.69, 9.17) is 9.84 Å². The first-order chi connectivity index (χ1) is 10.3. The molecule has 0 atom stereocenters. The predicted molar refractivity (Wildman–Crippen MR) is 82.4 cm³/mol. The standard InChI is InChI=1S/C15H18N2O3S/c18-7-8-20-14-6-2-1-4-12(14)10-16-15(19)17-11-13-5-3-9-21-13/h1-6,9,18H,7-8,10-11H2,(H2,16,17,19). The molecule has 3 N–H and O–H groups in total. The predicted octanol–water partition coefficient (Wildman–Crippen LogP) is 2.12. The third-order valence-corrected chi connectivity index (χ3v) is 3.64. The van der Waals surface area contributed by atoms with Crippen molar-refractivity contribution in [2.75, 3.05) is 13.2 Å². The summed E-state index contributed by atoms with van der Waals surface area (Å²) in [5.41, 5.74) is 0.872. The maximum atomic E-state index is 11.7. The van der Waals surface area contributed by atoms with Crippen LogP contribution in [-0.2, 0) is 13.1 Å². The summed E-state index contributed by atoms with van der Waals surface area (Å²) in [7, 11) is 0. The lowest BCUT2D eigenvalue weighted by Crippen LogP contribution is -2.34. The van der Waals surface area contributed by atoms with Gasteiger partial charge in [-0.25, -0.2) is 4.79 Å². The van der Waals surface area contributed by atoms with Crippen LogP contribution >= 0.6 is 11.3 Å². The van der Waals surface area contributed by atoms with Gasteiger partial charge in [0.15, 0.2) is 0 Å². The number of aliphatic hydroxyl groups excluding tert-OH is 1. The van der Waals surface area contributed by atoms with Gasteiger partial charge in [-0.15, -0.1) is 11.3 Å². The molecule has 1 aromatic heterocycles. The Kier molecular flexibility index (Phi) is 6.05. The lowest BCUT2D eigenvalue weighted by Gasteiger charge is -2.11. The highest BCUT2D eigenvalue weighted by molar-refractivity contribution is 7.09. The number of para-hydroxylation sites is 1. The number of urea groups is 1. The quantitative estimate of drug-likeness (QED) is 0.734. The first-order valence-corrected chi connectivity index (χ1v) is 7.53. The summed E-state index contributed by atoms with van der Waals surface area (Å²) < 4.78 is 5.42. The summed E-state index contributed by atoms with van der Waals surface area (Å²) in [5, 5.41) is 16.4. The summed E-state index contributed by atoms with van der Waals surface area (Å²) in [6, 6.07) is 11.1. The van der Waals surface area contributed by atoms with Crippen molar-refractivity contribution < 1.29 is 14.6 Å². The molecule has 2 aromatic rings. The fourth-order valence-electron chi connectivity index (χ4n) is 1.76. The van der Waals surface area contributed by atoms with Crippen LogP contribution in [0, 0.1) is 0 Å². The summed E-state index contributed by atoms with van der Waals surface area (Å²) in [6.07, 6.45) is 0. The highest BCUT2D eigenvalue weighted by Crippen LogP contribution is 2.17. The molecule has 2 amide bonds. The molecule has 5 nitrogen and oxygen atoms in total. The Labute approximate surface area is 127 Å². The van der Waals surface area contributed by atoms with Gasteiger partial charge >= 0.3 is 6.03 Å². The van der Waals surface area contributed by atoms with E-state index in [0.717, 1.165) is 10.4 Å². The Hall–Kier alpha value is -2.05. The maximum absolute atomic E-state index is 11.7. The van der Waals surface area contributed by atoms with Crippen LogP contribution < -0.4 is 15.4 Å². The van der Waals surface area contributed by atoms with Crippen LogP contribution in [0.2, 0.25) is 0 Å². The first kappa shape index (κ1) is 15.3. The molecule has 0 aliphatic carbocycles. The largest absolute Gasteiger partial charge is 0.491 e. The summed E-state index contributed by atoms with van der Waals surface area (Å²) >= 11 is 1.60. The van der Waals surface area contributed by atoms with Gasteiger partial charge in [0.05, 0.1) is 13.2 Å². The van der Waals surface area contributed by atoms with Crippen molar-refractivity contribution in [3.8, 4) is 5.75 Å². The molecule has 0 fully saturated rings. The van der Waals surface area contributed by atoms with Gasteiger partial charge in [0.1, 0.15) is 12.4 Å². The topological polar surface area (TPSA) is 70.6 Å². The molecule has 0 saturated heterocycles. The van der Waals surface area contributed by atoms with Crippen molar-refractivity contribution in [1.82, 2.24) is 10.6 Å². The van der Waals surface area contributed by atoms with E-state index < -0.39 is 0 Å². The van der Waals surface area contributed by atoms with E-state index in [0.29, 0.717) is 18.8 Å². The van der Waals surface area contributed by atoms with Crippen LogP contribution in [0.4, 0.5) is 4.79 Å². The van der Waals surface area contributed by atoms with E-state index in [1.165, 1.54) is 0 Å². The van der Waals surface area contributed by atoms with Gasteiger partial charge in [-0.3, -0.25) is 0 Å². The second-order valence-corrected chi connectivity index (χ2v) is 5.33.